The van der Waals surface area contributed by atoms with Gasteiger partial charge in [0.05, 0.1) is 0 Å². The first-order valence-electron chi connectivity index (χ1n) is 30.0. The minimum absolute atomic E-state index is 0.142. The highest BCUT2D eigenvalue weighted by molar-refractivity contribution is 6.06. The lowest BCUT2D eigenvalue weighted by Crippen LogP contribution is -2.37. The van der Waals surface area contributed by atoms with Crippen molar-refractivity contribution in [2.75, 3.05) is 0 Å². The molecule has 0 fully saturated rings. The topological polar surface area (TPSA) is 13.1 Å². The summed E-state index contributed by atoms with van der Waals surface area (Å²) in [6.07, 6.45) is 0. The molecule has 0 atom stereocenters. The van der Waals surface area contributed by atoms with Crippen molar-refractivity contribution in [2.45, 2.75) is 105 Å². The maximum Gasteiger partial charge on any atom is 0.143 e. The molecule has 0 saturated carbocycles. The highest BCUT2D eigenvalue weighted by Crippen LogP contribution is 2.64. The largest absolute Gasteiger partial charge is 0.455 e. The van der Waals surface area contributed by atoms with E-state index in [4.69, 9.17) is 4.42 Å². The van der Waals surface area contributed by atoms with E-state index < -0.39 is 0 Å². The Morgan fingerprint density at radius 2 is 0.617 bits per heavy atom. The summed E-state index contributed by atoms with van der Waals surface area (Å²) in [5.74, 6) is 3.07. The lowest BCUT2D eigenvalue weighted by molar-refractivity contribution is 0.280. The summed E-state index contributed by atoms with van der Waals surface area (Å²) >= 11 is 0. The Morgan fingerprint density at radius 3 is 1.00 bits per heavy atom. The molecule has 0 aliphatic heterocycles. The van der Waals surface area contributed by atoms with Gasteiger partial charge in [-0.1, -0.05) is 241 Å². The molecule has 1 heterocycles. The molecule has 10 aromatic carbocycles. The number of furan rings is 1. The van der Waals surface area contributed by atoms with Crippen LogP contribution in [0.15, 0.2) is 199 Å². The third kappa shape index (κ3) is 6.44. The van der Waals surface area contributed by atoms with E-state index in [9.17, 15) is 0 Å². The fraction of sp³-hybridized carbons (Fsp3) is 0.250. The molecular weight excluding hydrogens is 977 g/mol. The van der Waals surface area contributed by atoms with Crippen LogP contribution in [0.3, 0.4) is 0 Å². The van der Waals surface area contributed by atoms with Gasteiger partial charge in [-0.3, -0.25) is 0 Å². The molecule has 0 bridgehead atoms. The second kappa shape index (κ2) is 17.3. The number of hydrogen-bond acceptors (Lipinski definition) is 1. The molecule has 15 rings (SSSR count). The van der Waals surface area contributed by atoms with Crippen LogP contribution in [0.5, 0.6) is 0 Å². The van der Waals surface area contributed by atoms with Crippen LogP contribution in [0.1, 0.15) is 128 Å². The third-order valence-corrected chi connectivity index (χ3v) is 21.0. The van der Waals surface area contributed by atoms with Gasteiger partial charge in [-0.15, -0.1) is 0 Å². The van der Waals surface area contributed by atoms with Crippen LogP contribution in [0.2, 0.25) is 0 Å². The van der Waals surface area contributed by atoms with Crippen molar-refractivity contribution in [3.8, 4) is 89.4 Å². The summed E-state index contributed by atoms with van der Waals surface area (Å²) < 4.78 is 7.82. The monoisotopic (exact) mass is 1050 g/mol. The molecule has 1 nitrogen and oxygen atoms in total. The van der Waals surface area contributed by atoms with E-state index in [0.29, 0.717) is 23.7 Å². The van der Waals surface area contributed by atoms with E-state index in [1.807, 2.05) is 0 Å². The van der Waals surface area contributed by atoms with Crippen LogP contribution in [-0.4, -0.2) is 0 Å². The van der Waals surface area contributed by atoms with E-state index >= 15 is 0 Å². The number of hydrogen-bond donors (Lipinski definition) is 0. The van der Waals surface area contributed by atoms with Crippen molar-refractivity contribution in [1.29, 1.82) is 0 Å². The summed E-state index contributed by atoms with van der Waals surface area (Å²) in [6, 6.07) is 74.6. The van der Waals surface area contributed by atoms with Crippen LogP contribution in [-0.2, 0) is 21.7 Å². The molecular formula is C80H72O. The zero-order chi connectivity index (χ0) is 55.8. The number of fused-ring (bicyclic) bond motifs is 16. The highest BCUT2D eigenvalue weighted by Gasteiger charge is 2.52. The second-order valence-electron chi connectivity index (χ2n) is 26.7. The van der Waals surface area contributed by atoms with Gasteiger partial charge in [-0.25, -0.2) is 0 Å². The Labute approximate surface area is 479 Å². The van der Waals surface area contributed by atoms with Gasteiger partial charge in [-0.2, -0.15) is 0 Å². The zero-order valence-corrected chi connectivity index (χ0v) is 49.2. The first-order chi connectivity index (χ1) is 39.0. The lowest BCUT2D eigenvalue weighted by atomic mass is 9.62. The quantitative estimate of drug-likeness (QED) is 0.148. The normalized spacial score (nSPS) is 16.0. The van der Waals surface area contributed by atoms with Gasteiger partial charge >= 0.3 is 0 Å². The predicted molar refractivity (Wildman–Crippen MR) is 342 cm³/mol. The van der Waals surface area contributed by atoms with Crippen LogP contribution in [0.4, 0.5) is 0 Å². The Kier molecular flexibility index (Phi) is 10.7. The van der Waals surface area contributed by atoms with Gasteiger partial charge in [0.2, 0.25) is 0 Å². The minimum atomic E-state index is -0.256. The Bertz CT molecular complexity index is 4150. The molecule has 11 aromatic rings. The first-order valence-corrected chi connectivity index (χ1v) is 30.0. The average Bonchev–Trinajstić information content (AvgIpc) is 2.08. The van der Waals surface area contributed by atoms with Gasteiger partial charge < -0.3 is 4.42 Å². The van der Waals surface area contributed by atoms with E-state index in [0.717, 1.165) is 44.9 Å². The van der Waals surface area contributed by atoms with Gasteiger partial charge in [-0.05, 0) is 182 Å². The third-order valence-electron chi connectivity index (χ3n) is 21.0. The molecule has 0 N–H and O–H groups in total. The summed E-state index contributed by atoms with van der Waals surface area (Å²) in [5, 5.41) is 5.28. The fourth-order valence-corrected chi connectivity index (χ4v) is 17.5. The van der Waals surface area contributed by atoms with E-state index in [1.165, 1.54) is 111 Å². The summed E-state index contributed by atoms with van der Waals surface area (Å²) in [5.41, 5.74) is 28.4. The average molecular weight is 1050 g/mol. The highest BCUT2D eigenvalue weighted by atomic mass is 16.3. The molecule has 4 aliphatic carbocycles. The van der Waals surface area contributed by atoms with Crippen LogP contribution in [0.25, 0.3) is 111 Å². The maximum absolute atomic E-state index is 7.82. The lowest BCUT2D eigenvalue weighted by Gasteiger charge is -2.40. The molecule has 0 saturated heterocycles. The Morgan fingerprint density at radius 1 is 0.272 bits per heavy atom. The van der Waals surface area contributed by atoms with E-state index in [2.05, 4.69) is 277 Å². The van der Waals surface area contributed by atoms with Crippen molar-refractivity contribution in [2.24, 2.45) is 23.7 Å². The SMILES string of the molecule is CC(C)C1(C(C)C)c2cc(-c3oc(-c4ccc5c(c4)C(C(C)C)(C(C)C)c4cc6c(cc4-5)C(C)(C)c4ccc5ccccc5c4-6)c(-c4ccccc4)c3-c3ccccc3)ccc2-c2cc3c(cc21)-c1c(ccc2ccccc12)C3(C)C. The predicted octanol–water partition coefficient (Wildman–Crippen LogP) is 22.0. The first kappa shape index (κ1) is 50.0. The van der Waals surface area contributed by atoms with Gasteiger partial charge in [0.1, 0.15) is 11.5 Å². The summed E-state index contributed by atoms with van der Waals surface area (Å²) in [6.45, 7) is 29.3. The fourth-order valence-electron chi connectivity index (χ4n) is 17.5. The standard InChI is InChI=1S/C80H72O/c1-45(2)79(46(3)4)67-39-53(31-35-57(67)59-41-65-61(43-69(59)79)73-55-29-21-19-23-49(55)33-37-63(73)77(65,9)10)75-71(51-25-15-13-16-26-51)72(52-27-17-14-18-28-52)76(81-75)54-32-36-58-60-42-66-62(44-70(60)80(47(5)6,48(7)8)68(58)40-54)74-56-30-22-20-24-50(56)34-38-64(74)78(66,11)12/h13-48H,1-12H3. The maximum atomic E-state index is 7.82. The van der Waals surface area contributed by atoms with Crippen LogP contribution < -0.4 is 0 Å². The molecule has 4 aliphatic rings. The zero-order valence-electron chi connectivity index (χ0n) is 49.2. The van der Waals surface area contributed by atoms with Crippen molar-refractivity contribution in [1.82, 2.24) is 0 Å². The summed E-state index contributed by atoms with van der Waals surface area (Å²) in [4.78, 5) is 0. The van der Waals surface area contributed by atoms with Gasteiger partial charge in [0.15, 0.2) is 0 Å². The van der Waals surface area contributed by atoms with Gasteiger partial charge in [0.25, 0.3) is 0 Å². The van der Waals surface area contributed by atoms with Crippen molar-refractivity contribution in [3.63, 3.8) is 0 Å². The molecule has 0 radical (unpaired) electrons. The Balaban J connectivity index is 0.953. The molecule has 398 valence electrons. The molecule has 0 amide bonds. The Hall–Kier alpha value is -8.00. The van der Waals surface area contributed by atoms with Crippen molar-refractivity contribution >= 4 is 21.5 Å². The van der Waals surface area contributed by atoms with Crippen molar-refractivity contribution in [3.05, 3.63) is 239 Å². The smallest absolute Gasteiger partial charge is 0.143 e. The molecule has 1 aromatic heterocycles. The van der Waals surface area contributed by atoms with E-state index in [1.54, 1.807) is 0 Å². The number of rotatable bonds is 8. The van der Waals surface area contributed by atoms with Gasteiger partial charge in [0, 0.05) is 43.9 Å². The van der Waals surface area contributed by atoms with Crippen LogP contribution in [0, 0.1) is 23.7 Å². The minimum Gasteiger partial charge on any atom is -0.455 e. The van der Waals surface area contributed by atoms with Crippen LogP contribution >= 0.6 is 0 Å². The second-order valence-corrected chi connectivity index (χ2v) is 26.7. The summed E-state index contributed by atoms with van der Waals surface area (Å²) in [7, 11) is 0. The molecule has 0 unspecified atom stereocenters. The number of benzene rings is 10. The molecule has 1 heteroatoms. The van der Waals surface area contributed by atoms with E-state index in [-0.39, 0.29) is 21.7 Å². The molecule has 0 spiro atoms. The molecule has 81 heavy (non-hydrogen) atoms. The van der Waals surface area contributed by atoms with Crippen molar-refractivity contribution < 1.29 is 4.42 Å².